The molecular weight excluding hydrogens is 448 g/mol. The predicted molar refractivity (Wildman–Crippen MR) is 134 cm³/mol. The van der Waals surface area contributed by atoms with E-state index in [4.69, 9.17) is 11.6 Å². The monoisotopic (exact) mass is 472 g/mol. The van der Waals surface area contributed by atoms with E-state index in [2.05, 4.69) is 10.00 Å². The van der Waals surface area contributed by atoms with Gasteiger partial charge in [-0.25, -0.2) is 4.52 Å². The molecule has 6 nitrogen and oxygen atoms in total. The van der Waals surface area contributed by atoms with Gasteiger partial charge in [0.2, 0.25) is 0 Å². The van der Waals surface area contributed by atoms with Crippen molar-refractivity contribution < 1.29 is 9.59 Å². The van der Waals surface area contributed by atoms with Crippen molar-refractivity contribution in [2.24, 2.45) is 0 Å². The first-order valence-electron chi connectivity index (χ1n) is 11.4. The van der Waals surface area contributed by atoms with Gasteiger partial charge in [0, 0.05) is 55.1 Å². The Labute approximate surface area is 203 Å². The highest BCUT2D eigenvalue weighted by atomic mass is 35.5. The Morgan fingerprint density at radius 1 is 0.912 bits per heavy atom. The maximum Gasteiger partial charge on any atom is 0.257 e. The molecule has 0 spiro atoms. The summed E-state index contributed by atoms with van der Waals surface area (Å²) >= 11 is 6.00. The largest absolute Gasteiger partial charge is 0.368 e. The minimum atomic E-state index is -0.0109. The average Bonchev–Trinajstić information content (AvgIpc) is 3.31. The number of halogens is 1. The highest BCUT2D eigenvalue weighted by Gasteiger charge is 2.24. The van der Waals surface area contributed by atoms with E-state index in [9.17, 15) is 9.59 Å². The van der Waals surface area contributed by atoms with Crippen LogP contribution in [0.25, 0.3) is 5.52 Å². The number of pyridine rings is 1. The molecule has 1 saturated heterocycles. The smallest absolute Gasteiger partial charge is 0.257 e. The van der Waals surface area contributed by atoms with Crippen molar-refractivity contribution >= 4 is 34.5 Å². The van der Waals surface area contributed by atoms with Gasteiger partial charge in [-0.15, -0.1) is 0 Å². The molecule has 0 aliphatic carbocycles. The van der Waals surface area contributed by atoms with E-state index in [0.717, 1.165) is 40.4 Å². The predicted octanol–water partition coefficient (Wildman–Crippen LogP) is 4.77. The molecule has 0 bridgehead atoms. The molecule has 34 heavy (non-hydrogen) atoms. The second-order valence-corrected chi connectivity index (χ2v) is 8.90. The van der Waals surface area contributed by atoms with E-state index in [1.807, 2.05) is 77.8 Å². The van der Waals surface area contributed by atoms with Crippen molar-refractivity contribution in [3.63, 3.8) is 0 Å². The van der Waals surface area contributed by atoms with E-state index < -0.39 is 0 Å². The molecule has 0 saturated carbocycles. The third kappa shape index (κ3) is 4.68. The summed E-state index contributed by atoms with van der Waals surface area (Å²) in [7, 11) is 0. The van der Waals surface area contributed by atoms with Gasteiger partial charge in [0.15, 0.2) is 5.78 Å². The van der Waals surface area contributed by atoms with E-state index in [0.29, 0.717) is 31.5 Å². The molecule has 5 rings (SSSR count). The van der Waals surface area contributed by atoms with Crippen LogP contribution in [0, 0.1) is 0 Å². The fourth-order valence-corrected chi connectivity index (χ4v) is 4.49. The van der Waals surface area contributed by atoms with Crippen LogP contribution in [0.2, 0.25) is 5.02 Å². The van der Waals surface area contributed by atoms with Crippen LogP contribution in [0.3, 0.4) is 0 Å². The molecule has 0 N–H and O–H groups in total. The quantitative estimate of drug-likeness (QED) is 0.379. The lowest BCUT2D eigenvalue weighted by molar-refractivity contribution is 0.0748. The van der Waals surface area contributed by atoms with Gasteiger partial charge >= 0.3 is 0 Å². The molecule has 1 aliphatic heterocycles. The first-order chi connectivity index (χ1) is 16.6. The lowest BCUT2D eigenvalue weighted by Crippen LogP contribution is -2.48. The SMILES string of the molecule is O=C(CCc1ccn2ncc(C(=O)N3CCN(c4ccc(Cl)cc4)CC3)c2c1)c1ccccc1. The lowest BCUT2D eigenvalue weighted by atomic mass is 10.0. The van der Waals surface area contributed by atoms with Crippen LogP contribution in [-0.4, -0.2) is 52.4 Å². The standard InChI is InChI=1S/C27H25ClN4O2/c28-22-7-9-23(10-8-22)30-14-16-31(17-15-30)27(34)24-19-29-32-13-12-20(18-25(24)32)6-11-26(33)21-4-2-1-3-5-21/h1-5,7-10,12-13,18-19H,6,11,14-17H2. The van der Waals surface area contributed by atoms with Gasteiger partial charge in [0.25, 0.3) is 5.91 Å². The molecule has 1 fully saturated rings. The third-order valence-corrected chi connectivity index (χ3v) is 6.56. The van der Waals surface area contributed by atoms with Crippen molar-refractivity contribution in [2.75, 3.05) is 31.1 Å². The Morgan fingerprint density at radius 3 is 2.38 bits per heavy atom. The molecule has 0 radical (unpaired) electrons. The minimum absolute atomic E-state index is 0.0109. The van der Waals surface area contributed by atoms with E-state index in [1.165, 1.54) is 0 Å². The molecule has 2 aromatic carbocycles. The molecular formula is C27H25ClN4O2. The van der Waals surface area contributed by atoms with Crippen molar-refractivity contribution in [1.29, 1.82) is 0 Å². The molecule has 1 aliphatic rings. The summed E-state index contributed by atoms with van der Waals surface area (Å²) in [6, 6.07) is 21.1. The summed E-state index contributed by atoms with van der Waals surface area (Å²) in [5.74, 6) is 0.104. The van der Waals surface area contributed by atoms with Gasteiger partial charge in [-0.05, 0) is 48.4 Å². The lowest BCUT2D eigenvalue weighted by Gasteiger charge is -2.36. The fraction of sp³-hybridized carbons (Fsp3) is 0.222. The van der Waals surface area contributed by atoms with Crippen molar-refractivity contribution in [3.05, 3.63) is 101 Å². The topological polar surface area (TPSA) is 57.9 Å². The average molecular weight is 473 g/mol. The summed E-state index contributed by atoms with van der Waals surface area (Å²) in [5, 5.41) is 5.09. The van der Waals surface area contributed by atoms with Gasteiger partial charge in [-0.2, -0.15) is 5.10 Å². The Hall–Kier alpha value is -3.64. The van der Waals surface area contributed by atoms with Crippen LogP contribution >= 0.6 is 11.6 Å². The maximum absolute atomic E-state index is 13.3. The van der Waals surface area contributed by atoms with E-state index in [-0.39, 0.29) is 11.7 Å². The number of Topliss-reactive ketones (excluding diaryl/α,β-unsaturated/α-hetero) is 1. The molecule has 7 heteroatoms. The van der Waals surface area contributed by atoms with E-state index >= 15 is 0 Å². The normalized spacial score (nSPS) is 13.9. The molecule has 4 aromatic rings. The third-order valence-electron chi connectivity index (χ3n) is 6.31. The first-order valence-corrected chi connectivity index (χ1v) is 11.8. The summed E-state index contributed by atoms with van der Waals surface area (Å²) in [4.78, 5) is 29.9. The van der Waals surface area contributed by atoms with Gasteiger partial charge < -0.3 is 9.80 Å². The molecule has 1 amide bonds. The van der Waals surface area contributed by atoms with Gasteiger partial charge in [-0.1, -0.05) is 41.9 Å². The first kappa shape index (κ1) is 22.2. The fourth-order valence-electron chi connectivity index (χ4n) is 4.36. The number of rotatable bonds is 6. The van der Waals surface area contributed by atoms with E-state index in [1.54, 1.807) is 10.7 Å². The number of carbonyl (C=O) groups is 2. The Balaban J connectivity index is 1.26. The van der Waals surface area contributed by atoms with Crippen LogP contribution in [0.4, 0.5) is 5.69 Å². The number of amides is 1. The molecule has 0 unspecified atom stereocenters. The highest BCUT2D eigenvalue weighted by Crippen LogP contribution is 2.21. The second kappa shape index (κ2) is 9.69. The van der Waals surface area contributed by atoms with Crippen LogP contribution in [-0.2, 0) is 6.42 Å². The van der Waals surface area contributed by atoms with Crippen molar-refractivity contribution in [2.45, 2.75) is 12.8 Å². The highest BCUT2D eigenvalue weighted by molar-refractivity contribution is 6.30. The minimum Gasteiger partial charge on any atom is -0.368 e. The summed E-state index contributed by atoms with van der Waals surface area (Å²) < 4.78 is 1.72. The van der Waals surface area contributed by atoms with Crippen LogP contribution in [0.1, 0.15) is 32.7 Å². The number of benzene rings is 2. The summed E-state index contributed by atoms with van der Waals surface area (Å²) in [6.45, 7) is 2.81. The zero-order valence-corrected chi connectivity index (χ0v) is 19.5. The molecule has 0 atom stereocenters. The van der Waals surface area contributed by atoms with Crippen LogP contribution in [0.15, 0.2) is 79.1 Å². The number of hydrogen-bond donors (Lipinski definition) is 0. The Morgan fingerprint density at radius 2 is 1.65 bits per heavy atom. The number of piperazine rings is 1. The van der Waals surface area contributed by atoms with Gasteiger partial charge in [-0.3, -0.25) is 9.59 Å². The Bertz CT molecular complexity index is 1310. The molecule has 172 valence electrons. The van der Waals surface area contributed by atoms with Gasteiger partial charge in [0.1, 0.15) is 0 Å². The second-order valence-electron chi connectivity index (χ2n) is 8.47. The summed E-state index contributed by atoms with van der Waals surface area (Å²) in [5.41, 5.74) is 4.22. The number of aromatic nitrogens is 2. The number of anilines is 1. The molecule has 2 aromatic heterocycles. The number of carbonyl (C=O) groups excluding carboxylic acids is 2. The van der Waals surface area contributed by atoms with Gasteiger partial charge in [0.05, 0.1) is 17.3 Å². The zero-order chi connectivity index (χ0) is 23.5. The number of ketones is 1. The maximum atomic E-state index is 13.3. The number of fused-ring (bicyclic) bond motifs is 1. The number of aryl methyl sites for hydroxylation is 1. The number of nitrogens with zero attached hydrogens (tertiary/aromatic N) is 4. The number of hydrogen-bond acceptors (Lipinski definition) is 4. The zero-order valence-electron chi connectivity index (χ0n) is 18.7. The van der Waals surface area contributed by atoms with Crippen molar-refractivity contribution in [1.82, 2.24) is 14.5 Å². The van der Waals surface area contributed by atoms with Crippen LogP contribution in [0.5, 0.6) is 0 Å². The Kier molecular flexibility index (Phi) is 6.32. The van der Waals surface area contributed by atoms with Crippen LogP contribution < -0.4 is 4.90 Å². The van der Waals surface area contributed by atoms with Crippen molar-refractivity contribution in [3.8, 4) is 0 Å². The summed E-state index contributed by atoms with van der Waals surface area (Å²) in [6.07, 6.45) is 4.53. The molecule has 3 heterocycles.